The van der Waals surface area contributed by atoms with Crippen molar-refractivity contribution >= 4 is 5.69 Å². The Morgan fingerprint density at radius 2 is 2.07 bits per heavy atom. The second kappa shape index (κ2) is 3.41. The molecular formula is C10H11F3N2. The molecule has 0 amide bonds. The molecule has 1 unspecified atom stereocenters. The first-order valence-corrected chi connectivity index (χ1v) is 4.69. The lowest BCUT2D eigenvalue weighted by Crippen LogP contribution is -2.25. The van der Waals surface area contributed by atoms with Crippen molar-refractivity contribution < 1.29 is 13.2 Å². The van der Waals surface area contributed by atoms with E-state index in [-0.39, 0.29) is 11.7 Å². The topological polar surface area (TPSA) is 38.0 Å². The third-order valence-electron chi connectivity index (χ3n) is 2.56. The van der Waals surface area contributed by atoms with Crippen molar-refractivity contribution in [3.63, 3.8) is 0 Å². The summed E-state index contributed by atoms with van der Waals surface area (Å²) in [5.41, 5.74) is 5.82. The summed E-state index contributed by atoms with van der Waals surface area (Å²) in [6.45, 7) is 0.487. The first-order valence-electron chi connectivity index (χ1n) is 4.69. The average Bonchev–Trinajstić information content (AvgIpc) is 2.16. The van der Waals surface area contributed by atoms with Crippen LogP contribution in [0.5, 0.6) is 0 Å². The Labute approximate surface area is 85.3 Å². The maximum absolute atomic E-state index is 12.6. The molecule has 1 aromatic rings. The third-order valence-corrected chi connectivity index (χ3v) is 2.56. The van der Waals surface area contributed by atoms with Gasteiger partial charge in [-0.2, -0.15) is 13.2 Å². The quantitative estimate of drug-likeness (QED) is 0.699. The highest BCUT2D eigenvalue weighted by Gasteiger charge is 2.35. The molecule has 82 valence electrons. The zero-order valence-corrected chi connectivity index (χ0v) is 7.93. The molecule has 0 bridgehead atoms. The Balaban J connectivity index is 2.54. The van der Waals surface area contributed by atoms with E-state index in [4.69, 9.17) is 5.73 Å². The van der Waals surface area contributed by atoms with Gasteiger partial charge in [0.05, 0.1) is 11.3 Å². The van der Waals surface area contributed by atoms with Crippen molar-refractivity contribution in [2.45, 2.75) is 18.6 Å². The molecule has 1 atom stereocenters. The molecule has 0 saturated carbocycles. The second-order valence-electron chi connectivity index (χ2n) is 3.59. The predicted octanol–water partition coefficient (Wildman–Crippen LogP) is 2.52. The lowest BCUT2D eigenvalue weighted by molar-refractivity contribution is -0.137. The van der Waals surface area contributed by atoms with Crippen LogP contribution in [-0.4, -0.2) is 6.54 Å². The molecule has 1 aromatic carbocycles. The summed E-state index contributed by atoms with van der Waals surface area (Å²) in [5, 5.41) is 2.77. The first-order chi connectivity index (χ1) is 7.00. The molecule has 2 nitrogen and oxygen atoms in total. The van der Waals surface area contributed by atoms with Crippen molar-refractivity contribution in [2.75, 3.05) is 11.9 Å². The summed E-state index contributed by atoms with van der Waals surface area (Å²) < 4.78 is 37.9. The molecule has 0 fully saturated rings. The number of alkyl halides is 3. The minimum atomic E-state index is -4.32. The smallest absolute Gasteiger partial charge is 0.384 e. The van der Waals surface area contributed by atoms with Gasteiger partial charge in [0.15, 0.2) is 0 Å². The molecule has 0 aliphatic carbocycles. The summed E-state index contributed by atoms with van der Waals surface area (Å²) in [7, 11) is 0. The maximum atomic E-state index is 12.6. The van der Waals surface area contributed by atoms with E-state index >= 15 is 0 Å². The van der Waals surface area contributed by atoms with Crippen LogP contribution in [0.4, 0.5) is 18.9 Å². The molecule has 15 heavy (non-hydrogen) atoms. The van der Waals surface area contributed by atoms with Gasteiger partial charge in [0.2, 0.25) is 0 Å². The van der Waals surface area contributed by atoms with E-state index in [0.29, 0.717) is 18.5 Å². The number of anilines is 1. The van der Waals surface area contributed by atoms with Gasteiger partial charge in [-0.3, -0.25) is 0 Å². The van der Waals surface area contributed by atoms with Crippen LogP contribution in [0, 0.1) is 0 Å². The Kier molecular flexibility index (Phi) is 2.34. The molecule has 3 N–H and O–H groups in total. The van der Waals surface area contributed by atoms with Crippen LogP contribution >= 0.6 is 0 Å². The van der Waals surface area contributed by atoms with Gasteiger partial charge in [0.1, 0.15) is 0 Å². The van der Waals surface area contributed by atoms with Crippen molar-refractivity contribution in [3.05, 3.63) is 29.3 Å². The lowest BCUT2D eigenvalue weighted by atomic mass is 9.95. The van der Waals surface area contributed by atoms with Gasteiger partial charge in [-0.15, -0.1) is 0 Å². The van der Waals surface area contributed by atoms with E-state index < -0.39 is 11.7 Å². The van der Waals surface area contributed by atoms with Gasteiger partial charge in [-0.25, -0.2) is 0 Å². The summed E-state index contributed by atoms with van der Waals surface area (Å²) in [5.74, 6) is 0. The minimum Gasteiger partial charge on any atom is -0.384 e. The van der Waals surface area contributed by atoms with Gasteiger partial charge < -0.3 is 11.1 Å². The van der Waals surface area contributed by atoms with Crippen LogP contribution in [-0.2, 0) is 6.18 Å². The molecule has 0 spiro atoms. The van der Waals surface area contributed by atoms with Crippen molar-refractivity contribution in [1.29, 1.82) is 0 Å². The standard InChI is InChI=1S/C10H11F3N2/c11-10(12,13)7-3-1-2-6-8(14)4-5-15-9(6)7/h1-3,8,15H,4-5,14H2. The largest absolute Gasteiger partial charge is 0.418 e. The van der Waals surface area contributed by atoms with E-state index in [2.05, 4.69) is 5.32 Å². The fourth-order valence-electron chi connectivity index (χ4n) is 1.82. The van der Waals surface area contributed by atoms with E-state index in [1.165, 1.54) is 6.07 Å². The molecule has 0 aromatic heterocycles. The number of nitrogens with two attached hydrogens (primary N) is 1. The first kappa shape index (κ1) is 10.3. The number of halogens is 3. The van der Waals surface area contributed by atoms with Crippen molar-refractivity contribution in [3.8, 4) is 0 Å². The Morgan fingerprint density at radius 1 is 1.33 bits per heavy atom. The van der Waals surface area contributed by atoms with Crippen LogP contribution in [0.1, 0.15) is 23.6 Å². The minimum absolute atomic E-state index is 0.142. The fourth-order valence-corrected chi connectivity index (χ4v) is 1.82. The predicted molar refractivity (Wildman–Crippen MR) is 51.5 cm³/mol. The van der Waals surface area contributed by atoms with Gasteiger partial charge in [0, 0.05) is 12.6 Å². The van der Waals surface area contributed by atoms with Crippen LogP contribution in [0.2, 0.25) is 0 Å². The number of hydrogen-bond donors (Lipinski definition) is 2. The zero-order chi connectivity index (χ0) is 11.1. The summed E-state index contributed by atoms with van der Waals surface area (Å²) in [6, 6.07) is 3.81. The SMILES string of the molecule is NC1CCNc2c1cccc2C(F)(F)F. The molecule has 1 heterocycles. The van der Waals surface area contributed by atoms with Gasteiger partial charge in [-0.1, -0.05) is 12.1 Å². The summed E-state index contributed by atoms with van der Waals surface area (Å²) >= 11 is 0. The number of hydrogen-bond acceptors (Lipinski definition) is 2. The number of rotatable bonds is 0. The highest BCUT2D eigenvalue weighted by atomic mass is 19.4. The number of para-hydroxylation sites is 1. The van der Waals surface area contributed by atoms with Crippen LogP contribution in [0.3, 0.4) is 0 Å². The van der Waals surface area contributed by atoms with Gasteiger partial charge >= 0.3 is 6.18 Å². The highest BCUT2D eigenvalue weighted by molar-refractivity contribution is 5.61. The van der Waals surface area contributed by atoms with Crippen molar-refractivity contribution in [1.82, 2.24) is 0 Å². The van der Waals surface area contributed by atoms with E-state index in [1.54, 1.807) is 6.07 Å². The molecule has 1 aliphatic heterocycles. The zero-order valence-electron chi connectivity index (χ0n) is 7.93. The number of nitrogens with one attached hydrogen (secondary N) is 1. The third kappa shape index (κ3) is 1.79. The van der Waals surface area contributed by atoms with E-state index in [0.717, 1.165) is 6.07 Å². The van der Waals surface area contributed by atoms with Crippen LogP contribution in [0.25, 0.3) is 0 Å². The van der Waals surface area contributed by atoms with E-state index in [9.17, 15) is 13.2 Å². The van der Waals surface area contributed by atoms with Crippen LogP contribution < -0.4 is 11.1 Å². The average molecular weight is 216 g/mol. The maximum Gasteiger partial charge on any atom is 0.418 e. The molecular weight excluding hydrogens is 205 g/mol. The summed E-state index contributed by atoms with van der Waals surface area (Å²) in [6.07, 6.45) is -3.66. The lowest BCUT2D eigenvalue weighted by Gasteiger charge is -2.26. The van der Waals surface area contributed by atoms with Crippen LogP contribution in [0.15, 0.2) is 18.2 Å². The molecule has 0 radical (unpaired) electrons. The summed E-state index contributed by atoms with van der Waals surface area (Å²) in [4.78, 5) is 0. The Bertz CT molecular complexity index is 373. The molecule has 1 aliphatic rings. The highest BCUT2D eigenvalue weighted by Crippen LogP contribution is 2.40. The van der Waals surface area contributed by atoms with Gasteiger partial charge in [0.25, 0.3) is 0 Å². The molecule has 5 heteroatoms. The second-order valence-corrected chi connectivity index (χ2v) is 3.59. The number of benzene rings is 1. The molecule has 0 saturated heterocycles. The van der Waals surface area contributed by atoms with Crippen molar-refractivity contribution in [2.24, 2.45) is 5.73 Å². The molecule has 2 rings (SSSR count). The monoisotopic (exact) mass is 216 g/mol. The fraction of sp³-hybridized carbons (Fsp3) is 0.400. The Hall–Kier alpha value is -1.23. The normalized spacial score (nSPS) is 20.7. The number of fused-ring (bicyclic) bond motifs is 1. The van der Waals surface area contributed by atoms with E-state index in [1.807, 2.05) is 0 Å². The van der Waals surface area contributed by atoms with Gasteiger partial charge in [-0.05, 0) is 18.1 Å². The Morgan fingerprint density at radius 3 is 2.73 bits per heavy atom.